The molecule has 21 heavy (non-hydrogen) atoms. The smallest absolute Gasteiger partial charge is 0.215 e. The molecule has 0 heterocycles. The van der Waals surface area contributed by atoms with Gasteiger partial charge in [-0.3, -0.25) is 0 Å². The van der Waals surface area contributed by atoms with Gasteiger partial charge in [0.2, 0.25) is 10.0 Å². The Kier molecular flexibility index (Phi) is 6.64. The molecule has 0 fully saturated rings. The summed E-state index contributed by atoms with van der Waals surface area (Å²) in [7, 11) is -1.83. The van der Waals surface area contributed by atoms with Crippen LogP contribution in [0, 0.1) is 0 Å². The zero-order chi connectivity index (χ0) is 15.9. The summed E-state index contributed by atoms with van der Waals surface area (Å²) in [6.07, 6.45) is 0.977. The molecular weight excluding hydrogens is 288 g/mol. The lowest BCUT2D eigenvalue weighted by Crippen LogP contribution is -2.38. The highest BCUT2D eigenvalue weighted by molar-refractivity contribution is 7.88. The van der Waals surface area contributed by atoms with Gasteiger partial charge in [-0.25, -0.2) is 18.1 Å². The Morgan fingerprint density at radius 1 is 1.29 bits per heavy atom. The van der Waals surface area contributed by atoms with Crippen LogP contribution in [0.25, 0.3) is 0 Å². The van der Waals surface area contributed by atoms with Crippen LogP contribution in [0.4, 0.5) is 0 Å². The van der Waals surface area contributed by atoms with Crippen molar-refractivity contribution in [2.45, 2.75) is 38.6 Å². The van der Waals surface area contributed by atoms with E-state index in [1.54, 1.807) is 12.1 Å². The molecule has 0 bridgehead atoms. The van der Waals surface area contributed by atoms with Gasteiger partial charge in [-0.2, -0.15) is 0 Å². The van der Waals surface area contributed by atoms with Crippen molar-refractivity contribution in [2.75, 3.05) is 7.05 Å². The van der Waals surface area contributed by atoms with E-state index in [9.17, 15) is 8.42 Å². The standard InChI is InChI=1S/C14H24N4O2S/c1-4-11(2)18-14(15)17-9-12-5-7-13(8-6-12)10-21(19,20)16-3/h5-8,11,16H,4,9-10H2,1-3H3,(H3,15,17,18). The van der Waals surface area contributed by atoms with E-state index >= 15 is 0 Å². The SMILES string of the molecule is CCC(C)NC(N)=NCc1ccc(CS(=O)(=O)NC)cc1. The van der Waals surface area contributed by atoms with Gasteiger partial charge in [-0.1, -0.05) is 31.2 Å². The molecule has 1 aromatic rings. The van der Waals surface area contributed by atoms with Crippen LogP contribution in [-0.4, -0.2) is 27.5 Å². The lowest BCUT2D eigenvalue weighted by molar-refractivity contribution is 0.587. The second-order valence-electron chi connectivity index (χ2n) is 4.93. The van der Waals surface area contributed by atoms with Crippen LogP contribution >= 0.6 is 0 Å². The van der Waals surface area contributed by atoms with Crippen LogP contribution < -0.4 is 15.8 Å². The fourth-order valence-corrected chi connectivity index (χ4v) is 2.38. The third-order valence-electron chi connectivity index (χ3n) is 3.13. The topological polar surface area (TPSA) is 96.6 Å². The molecule has 118 valence electrons. The third-order valence-corrected chi connectivity index (χ3v) is 4.46. The molecule has 6 nitrogen and oxygen atoms in total. The van der Waals surface area contributed by atoms with Crippen molar-refractivity contribution in [2.24, 2.45) is 10.7 Å². The van der Waals surface area contributed by atoms with Gasteiger partial charge in [-0.05, 0) is 31.5 Å². The highest BCUT2D eigenvalue weighted by Gasteiger charge is 2.08. The van der Waals surface area contributed by atoms with Crippen molar-refractivity contribution >= 4 is 16.0 Å². The summed E-state index contributed by atoms with van der Waals surface area (Å²) in [4.78, 5) is 4.26. The summed E-state index contributed by atoms with van der Waals surface area (Å²) < 4.78 is 25.2. The molecule has 1 aromatic carbocycles. The number of aliphatic imine (C=N–C) groups is 1. The summed E-state index contributed by atoms with van der Waals surface area (Å²) in [5.74, 6) is 0.399. The number of benzene rings is 1. The summed E-state index contributed by atoms with van der Waals surface area (Å²) in [5, 5.41) is 3.09. The van der Waals surface area contributed by atoms with Gasteiger partial charge in [0.25, 0.3) is 0 Å². The molecule has 0 aromatic heterocycles. The number of guanidine groups is 1. The Bertz CT molecular complexity index is 567. The average molecular weight is 312 g/mol. The first kappa shape index (κ1) is 17.5. The number of sulfonamides is 1. The largest absolute Gasteiger partial charge is 0.370 e. The molecule has 1 atom stereocenters. The van der Waals surface area contributed by atoms with Crippen LogP contribution in [0.5, 0.6) is 0 Å². The van der Waals surface area contributed by atoms with Crippen LogP contribution in [0.15, 0.2) is 29.3 Å². The van der Waals surface area contributed by atoms with Crippen LogP contribution in [0.2, 0.25) is 0 Å². The normalized spacial score (nSPS) is 14.0. The van der Waals surface area contributed by atoms with E-state index in [0.29, 0.717) is 18.5 Å². The molecule has 0 amide bonds. The molecule has 4 N–H and O–H groups in total. The number of nitrogens with one attached hydrogen (secondary N) is 2. The minimum absolute atomic E-state index is 0.0231. The molecule has 1 unspecified atom stereocenters. The van der Waals surface area contributed by atoms with E-state index in [1.807, 2.05) is 19.1 Å². The molecule has 0 aliphatic heterocycles. The second-order valence-corrected chi connectivity index (χ2v) is 6.86. The summed E-state index contributed by atoms with van der Waals surface area (Å²) in [6.45, 7) is 4.58. The third kappa shape index (κ3) is 6.59. The van der Waals surface area contributed by atoms with Crippen molar-refractivity contribution < 1.29 is 8.42 Å². The molecule has 0 aliphatic carbocycles. The quantitative estimate of drug-likeness (QED) is 0.515. The highest BCUT2D eigenvalue weighted by atomic mass is 32.2. The minimum Gasteiger partial charge on any atom is -0.370 e. The van der Waals surface area contributed by atoms with Gasteiger partial charge >= 0.3 is 0 Å². The Labute approximate surface area is 126 Å². The predicted molar refractivity (Wildman–Crippen MR) is 86.3 cm³/mol. The molecule has 1 rings (SSSR count). The zero-order valence-corrected chi connectivity index (χ0v) is 13.6. The second kappa shape index (κ2) is 7.99. The number of hydrogen-bond acceptors (Lipinski definition) is 3. The van der Waals surface area contributed by atoms with Gasteiger partial charge in [0, 0.05) is 6.04 Å². The van der Waals surface area contributed by atoms with Gasteiger partial charge in [0.1, 0.15) is 0 Å². The van der Waals surface area contributed by atoms with Crippen LogP contribution in [-0.2, 0) is 22.3 Å². The molecule has 0 saturated heterocycles. The zero-order valence-electron chi connectivity index (χ0n) is 12.8. The number of hydrogen-bond donors (Lipinski definition) is 3. The molecular formula is C14H24N4O2S. The summed E-state index contributed by atoms with van der Waals surface area (Å²) >= 11 is 0. The van der Waals surface area contributed by atoms with Gasteiger partial charge in [0.05, 0.1) is 12.3 Å². The van der Waals surface area contributed by atoms with Crippen molar-refractivity contribution in [3.63, 3.8) is 0 Å². The highest BCUT2D eigenvalue weighted by Crippen LogP contribution is 2.08. The Morgan fingerprint density at radius 2 is 1.86 bits per heavy atom. The first-order chi connectivity index (χ1) is 9.86. The van der Waals surface area contributed by atoms with E-state index in [2.05, 4.69) is 22.0 Å². The fraction of sp³-hybridized carbons (Fsp3) is 0.500. The maximum atomic E-state index is 11.4. The van der Waals surface area contributed by atoms with E-state index in [0.717, 1.165) is 17.5 Å². The van der Waals surface area contributed by atoms with Crippen molar-refractivity contribution in [3.05, 3.63) is 35.4 Å². The van der Waals surface area contributed by atoms with E-state index < -0.39 is 10.0 Å². The fourth-order valence-electron chi connectivity index (χ4n) is 1.61. The first-order valence-corrected chi connectivity index (χ1v) is 8.57. The number of rotatable bonds is 7. The minimum atomic E-state index is -3.24. The van der Waals surface area contributed by atoms with Crippen LogP contribution in [0.1, 0.15) is 31.4 Å². The van der Waals surface area contributed by atoms with E-state index in [4.69, 9.17) is 5.73 Å². The van der Waals surface area contributed by atoms with Gasteiger partial charge < -0.3 is 11.1 Å². The summed E-state index contributed by atoms with van der Waals surface area (Å²) in [6, 6.07) is 7.60. The number of nitrogens with zero attached hydrogens (tertiary/aromatic N) is 1. The Hall–Kier alpha value is -1.60. The van der Waals surface area contributed by atoms with Crippen molar-refractivity contribution in [1.82, 2.24) is 10.0 Å². The van der Waals surface area contributed by atoms with Gasteiger partial charge in [-0.15, -0.1) is 0 Å². The molecule has 7 heteroatoms. The molecule has 0 aliphatic rings. The molecule has 0 saturated carbocycles. The first-order valence-electron chi connectivity index (χ1n) is 6.91. The maximum Gasteiger partial charge on any atom is 0.215 e. The Balaban J connectivity index is 2.61. The summed E-state index contributed by atoms with van der Waals surface area (Å²) in [5.41, 5.74) is 7.50. The van der Waals surface area contributed by atoms with Gasteiger partial charge in [0.15, 0.2) is 5.96 Å². The van der Waals surface area contributed by atoms with E-state index in [-0.39, 0.29) is 5.75 Å². The lowest BCUT2D eigenvalue weighted by atomic mass is 10.1. The molecule has 0 radical (unpaired) electrons. The monoisotopic (exact) mass is 312 g/mol. The molecule has 0 spiro atoms. The maximum absolute atomic E-state index is 11.4. The van der Waals surface area contributed by atoms with Crippen molar-refractivity contribution in [1.29, 1.82) is 0 Å². The Morgan fingerprint density at radius 3 is 2.38 bits per heavy atom. The van der Waals surface area contributed by atoms with E-state index in [1.165, 1.54) is 7.05 Å². The lowest BCUT2D eigenvalue weighted by Gasteiger charge is -2.11. The van der Waals surface area contributed by atoms with Crippen molar-refractivity contribution in [3.8, 4) is 0 Å². The predicted octanol–water partition coefficient (Wildman–Crippen LogP) is 0.939. The average Bonchev–Trinajstić information content (AvgIpc) is 2.46. The van der Waals surface area contributed by atoms with Crippen LogP contribution in [0.3, 0.4) is 0 Å². The number of nitrogens with two attached hydrogens (primary N) is 1.